The van der Waals surface area contributed by atoms with Crippen LogP contribution in [0.25, 0.3) is 5.65 Å². The summed E-state index contributed by atoms with van der Waals surface area (Å²) in [6.07, 6.45) is 5.50. The van der Waals surface area contributed by atoms with Crippen molar-refractivity contribution in [1.82, 2.24) is 19.6 Å². The topological polar surface area (TPSA) is 75.3 Å². The molecule has 17 heavy (non-hydrogen) atoms. The average molecular weight is 233 g/mol. The van der Waals surface area contributed by atoms with Gasteiger partial charge in [-0.15, -0.1) is 10.2 Å². The molecule has 1 atom stereocenters. The monoisotopic (exact) mass is 233 g/mol. The van der Waals surface area contributed by atoms with Gasteiger partial charge in [0.1, 0.15) is 5.82 Å². The molecule has 1 aliphatic rings. The van der Waals surface area contributed by atoms with Gasteiger partial charge in [-0.3, -0.25) is 4.40 Å². The Hall–Kier alpha value is -1.69. The number of nitrogens with zero attached hydrogens (tertiary/aromatic N) is 4. The van der Waals surface area contributed by atoms with E-state index in [-0.39, 0.29) is 6.10 Å². The molecule has 3 rings (SSSR count). The van der Waals surface area contributed by atoms with Crippen LogP contribution in [-0.4, -0.2) is 37.3 Å². The van der Waals surface area contributed by atoms with Crippen molar-refractivity contribution in [2.45, 2.75) is 25.9 Å². The van der Waals surface area contributed by atoms with E-state index in [1.165, 1.54) is 0 Å². The van der Waals surface area contributed by atoms with Crippen molar-refractivity contribution in [3.63, 3.8) is 0 Å². The lowest BCUT2D eigenvalue weighted by molar-refractivity contribution is 0.164. The highest BCUT2D eigenvalue weighted by Crippen LogP contribution is 2.32. The first-order chi connectivity index (χ1) is 8.25. The Labute approximate surface area is 98.7 Å². The van der Waals surface area contributed by atoms with E-state index in [1.54, 1.807) is 6.20 Å². The van der Waals surface area contributed by atoms with Gasteiger partial charge in [0.25, 0.3) is 0 Å². The fraction of sp³-hybridized carbons (Fsp3) is 0.545. The Balaban J connectivity index is 1.79. The number of anilines is 1. The van der Waals surface area contributed by atoms with Gasteiger partial charge in [-0.05, 0) is 25.7 Å². The van der Waals surface area contributed by atoms with E-state index >= 15 is 0 Å². The SMILES string of the molecule is Cc1nnc2c(NCC(O)C3CC3)nccn12. The van der Waals surface area contributed by atoms with E-state index in [0.29, 0.717) is 23.9 Å². The molecule has 1 fully saturated rings. The molecule has 1 saturated carbocycles. The molecular formula is C11H15N5O. The van der Waals surface area contributed by atoms with Gasteiger partial charge < -0.3 is 10.4 Å². The van der Waals surface area contributed by atoms with Crippen LogP contribution in [-0.2, 0) is 0 Å². The minimum Gasteiger partial charge on any atom is -0.391 e. The average Bonchev–Trinajstić information content (AvgIpc) is 3.12. The van der Waals surface area contributed by atoms with E-state index < -0.39 is 0 Å². The summed E-state index contributed by atoms with van der Waals surface area (Å²) in [4.78, 5) is 4.23. The molecule has 2 N–H and O–H groups in total. The second-order valence-corrected chi connectivity index (χ2v) is 4.50. The Morgan fingerprint density at radius 2 is 2.35 bits per heavy atom. The summed E-state index contributed by atoms with van der Waals surface area (Å²) < 4.78 is 1.87. The smallest absolute Gasteiger partial charge is 0.203 e. The summed E-state index contributed by atoms with van der Waals surface area (Å²) >= 11 is 0. The Morgan fingerprint density at radius 1 is 1.53 bits per heavy atom. The molecule has 90 valence electrons. The summed E-state index contributed by atoms with van der Waals surface area (Å²) in [6.45, 7) is 2.41. The van der Waals surface area contributed by atoms with Gasteiger partial charge in [0.2, 0.25) is 5.65 Å². The molecule has 2 aromatic heterocycles. The third kappa shape index (κ3) is 1.95. The van der Waals surface area contributed by atoms with Crippen molar-refractivity contribution < 1.29 is 5.11 Å². The molecule has 1 unspecified atom stereocenters. The maximum Gasteiger partial charge on any atom is 0.203 e. The van der Waals surface area contributed by atoms with E-state index in [4.69, 9.17) is 0 Å². The predicted octanol–water partition coefficient (Wildman–Crippen LogP) is 0.616. The third-order valence-electron chi connectivity index (χ3n) is 3.14. The number of fused-ring (bicyclic) bond motifs is 1. The standard InChI is InChI=1S/C11H15N5O/c1-7-14-15-11-10(12-4-5-16(7)11)13-6-9(17)8-2-3-8/h4-5,8-9,17H,2-3,6H2,1H3,(H,12,13). The summed E-state index contributed by atoms with van der Waals surface area (Å²) in [5.41, 5.74) is 0.702. The first-order valence-corrected chi connectivity index (χ1v) is 5.84. The lowest BCUT2D eigenvalue weighted by Crippen LogP contribution is -2.22. The van der Waals surface area contributed by atoms with Crippen LogP contribution in [0.1, 0.15) is 18.7 Å². The van der Waals surface area contributed by atoms with Crippen molar-refractivity contribution in [3.05, 3.63) is 18.2 Å². The second kappa shape index (κ2) is 3.96. The van der Waals surface area contributed by atoms with Gasteiger partial charge in [-0.25, -0.2) is 4.98 Å². The Morgan fingerprint density at radius 3 is 3.12 bits per heavy atom. The number of rotatable bonds is 4. The van der Waals surface area contributed by atoms with Gasteiger partial charge in [-0.2, -0.15) is 0 Å². The summed E-state index contributed by atoms with van der Waals surface area (Å²) in [6, 6.07) is 0. The van der Waals surface area contributed by atoms with Gasteiger partial charge in [0, 0.05) is 18.9 Å². The van der Waals surface area contributed by atoms with Crippen LogP contribution in [0.15, 0.2) is 12.4 Å². The molecule has 0 bridgehead atoms. The molecular weight excluding hydrogens is 218 g/mol. The zero-order chi connectivity index (χ0) is 11.8. The fourth-order valence-corrected chi connectivity index (χ4v) is 1.92. The molecule has 0 spiro atoms. The highest BCUT2D eigenvalue weighted by molar-refractivity contribution is 5.61. The number of nitrogens with one attached hydrogen (secondary N) is 1. The number of aromatic nitrogens is 4. The molecule has 6 nitrogen and oxygen atoms in total. The van der Waals surface area contributed by atoms with Crippen LogP contribution in [0.3, 0.4) is 0 Å². The number of hydrogen-bond donors (Lipinski definition) is 2. The first-order valence-electron chi connectivity index (χ1n) is 5.84. The summed E-state index contributed by atoms with van der Waals surface area (Å²) in [7, 11) is 0. The van der Waals surface area contributed by atoms with Gasteiger partial charge in [0.15, 0.2) is 5.82 Å². The molecule has 0 saturated heterocycles. The highest BCUT2D eigenvalue weighted by atomic mass is 16.3. The minimum atomic E-state index is -0.291. The second-order valence-electron chi connectivity index (χ2n) is 4.50. The van der Waals surface area contributed by atoms with Crippen LogP contribution in [0, 0.1) is 12.8 Å². The van der Waals surface area contributed by atoms with Gasteiger partial charge in [-0.1, -0.05) is 0 Å². The highest BCUT2D eigenvalue weighted by Gasteiger charge is 2.29. The van der Waals surface area contributed by atoms with Gasteiger partial charge >= 0.3 is 0 Å². The molecule has 6 heteroatoms. The van der Waals surface area contributed by atoms with Crippen LogP contribution in [0.2, 0.25) is 0 Å². The zero-order valence-corrected chi connectivity index (χ0v) is 9.67. The maximum atomic E-state index is 9.79. The fourth-order valence-electron chi connectivity index (χ4n) is 1.92. The zero-order valence-electron chi connectivity index (χ0n) is 9.67. The number of aryl methyl sites for hydroxylation is 1. The largest absolute Gasteiger partial charge is 0.391 e. The van der Waals surface area contributed by atoms with Crippen molar-refractivity contribution in [3.8, 4) is 0 Å². The molecule has 1 aliphatic carbocycles. The van der Waals surface area contributed by atoms with Crippen molar-refractivity contribution in [1.29, 1.82) is 0 Å². The quantitative estimate of drug-likeness (QED) is 0.809. The molecule has 0 aromatic carbocycles. The number of hydrogen-bond acceptors (Lipinski definition) is 5. The van der Waals surface area contributed by atoms with Crippen molar-refractivity contribution in [2.75, 3.05) is 11.9 Å². The van der Waals surface area contributed by atoms with Crippen LogP contribution >= 0.6 is 0 Å². The van der Waals surface area contributed by atoms with E-state index in [1.807, 2.05) is 17.5 Å². The number of aliphatic hydroxyl groups is 1. The maximum absolute atomic E-state index is 9.79. The summed E-state index contributed by atoms with van der Waals surface area (Å²) in [5, 5.41) is 21.0. The van der Waals surface area contributed by atoms with Crippen LogP contribution in [0.5, 0.6) is 0 Å². The van der Waals surface area contributed by atoms with E-state index in [0.717, 1.165) is 18.7 Å². The normalized spacial score (nSPS) is 17.3. The first kappa shape index (κ1) is 10.5. The van der Waals surface area contributed by atoms with Crippen LogP contribution < -0.4 is 5.32 Å². The van der Waals surface area contributed by atoms with E-state index in [2.05, 4.69) is 20.5 Å². The molecule has 0 aliphatic heterocycles. The minimum absolute atomic E-state index is 0.291. The molecule has 2 aromatic rings. The lowest BCUT2D eigenvalue weighted by Gasteiger charge is -2.11. The third-order valence-corrected chi connectivity index (χ3v) is 3.14. The number of aliphatic hydroxyl groups excluding tert-OH is 1. The summed E-state index contributed by atoms with van der Waals surface area (Å²) in [5.74, 6) is 1.96. The molecule has 2 heterocycles. The predicted molar refractivity (Wildman–Crippen MR) is 62.7 cm³/mol. The Bertz CT molecular complexity index is 534. The molecule has 0 radical (unpaired) electrons. The Kier molecular flexibility index (Phi) is 2.44. The molecule has 0 amide bonds. The van der Waals surface area contributed by atoms with Crippen LogP contribution in [0.4, 0.5) is 5.82 Å². The van der Waals surface area contributed by atoms with Gasteiger partial charge in [0.05, 0.1) is 6.10 Å². The van der Waals surface area contributed by atoms with Crippen molar-refractivity contribution >= 4 is 11.5 Å². The van der Waals surface area contributed by atoms with Crippen molar-refractivity contribution in [2.24, 2.45) is 5.92 Å². The van der Waals surface area contributed by atoms with E-state index in [9.17, 15) is 5.11 Å². The lowest BCUT2D eigenvalue weighted by atomic mass is 10.2.